The van der Waals surface area contributed by atoms with Crippen molar-refractivity contribution in [2.24, 2.45) is 0 Å². The molecule has 0 saturated carbocycles. The van der Waals surface area contributed by atoms with Gasteiger partial charge in [0.1, 0.15) is 0 Å². The van der Waals surface area contributed by atoms with Crippen LogP contribution in [0.1, 0.15) is 24.0 Å². The third kappa shape index (κ3) is 2.00. The van der Waals surface area contributed by atoms with Crippen molar-refractivity contribution in [3.63, 3.8) is 0 Å². The summed E-state index contributed by atoms with van der Waals surface area (Å²) in [6, 6.07) is 8.07. The fourth-order valence-electron chi connectivity index (χ4n) is 3.98. The van der Waals surface area contributed by atoms with E-state index in [1.807, 2.05) is 18.2 Å². The van der Waals surface area contributed by atoms with E-state index in [0.29, 0.717) is 26.3 Å². The van der Waals surface area contributed by atoms with E-state index in [2.05, 4.69) is 11.0 Å². The summed E-state index contributed by atoms with van der Waals surface area (Å²) in [4.78, 5) is 29.1. The molecule has 2 aliphatic heterocycles. The number of carbonyl (C=O) groups is 2. The predicted molar refractivity (Wildman–Crippen MR) is 80.2 cm³/mol. The van der Waals surface area contributed by atoms with Gasteiger partial charge in [-0.3, -0.25) is 19.4 Å². The highest BCUT2D eigenvalue weighted by molar-refractivity contribution is 6.09. The van der Waals surface area contributed by atoms with Crippen LogP contribution in [0, 0.1) is 0 Å². The minimum Gasteiger partial charge on any atom is -0.379 e. The van der Waals surface area contributed by atoms with Crippen molar-refractivity contribution in [1.29, 1.82) is 0 Å². The Balaban J connectivity index is 1.60. The van der Waals surface area contributed by atoms with Crippen LogP contribution in [0.4, 0.5) is 0 Å². The van der Waals surface area contributed by atoms with Crippen molar-refractivity contribution < 1.29 is 14.3 Å². The normalized spacial score (nSPS) is 28.6. The highest BCUT2D eigenvalue weighted by Gasteiger charge is 2.55. The molecule has 2 heterocycles. The van der Waals surface area contributed by atoms with Crippen LogP contribution in [-0.2, 0) is 26.2 Å². The lowest BCUT2D eigenvalue weighted by atomic mass is 9.80. The van der Waals surface area contributed by atoms with E-state index in [9.17, 15) is 9.59 Å². The van der Waals surface area contributed by atoms with Crippen LogP contribution in [0.5, 0.6) is 0 Å². The summed E-state index contributed by atoms with van der Waals surface area (Å²) < 4.78 is 5.33. The molecule has 4 rings (SSSR count). The number of imide groups is 1. The van der Waals surface area contributed by atoms with Gasteiger partial charge in [-0.2, -0.15) is 0 Å². The Labute approximate surface area is 129 Å². The van der Waals surface area contributed by atoms with Gasteiger partial charge in [-0.25, -0.2) is 0 Å². The van der Waals surface area contributed by atoms with Crippen molar-refractivity contribution in [3.05, 3.63) is 35.4 Å². The van der Waals surface area contributed by atoms with Gasteiger partial charge in [-0.15, -0.1) is 0 Å². The topological polar surface area (TPSA) is 49.9 Å². The number of aryl methyl sites for hydroxylation is 1. The number of hydrogen-bond donors (Lipinski definition) is 0. The number of ether oxygens (including phenoxy) is 1. The highest BCUT2D eigenvalue weighted by Crippen LogP contribution is 2.46. The summed E-state index contributed by atoms with van der Waals surface area (Å²) >= 11 is 0. The van der Waals surface area contributed by atoms with E-state index in [1.54, 1.807) is 0 Å². The van der Waals surface area contributed by atoms with Crippen LogP contribution in [0.3, 0.4) is 0 Å². The molecule has 0 radical (unpaired) electrons. The van der Waals surface area contributed by atoms with Crippen LogP contribution in [-0.4, -0.2) is 54.6 Å². The lowest BCUT2D eigenvalue weighted by molar-refractivity contribution is -0.143. The fourth-order valence-corrected chi connectivity index (χ4v) is 3.98. The summed E-state index contributed by atoms with van der Waals surface area (Å²) in [5.41, 5.74) is 1.69. The van der Waals surface area contributed by atoms with Crippen LogP contribution in [0.2, 0.25) is 0 Å². The summed E-state index contributed by atoms with van der Waals surface area (Å²) in [6.07, 6.45) is 1.98. The predicted octanol–water partition coefficient (Wildman–Crippen LogP) is 0.919. The number of nitrogens with zero attached hydrogens (tertiary/aromatic N) is 2. The molecule has 0 N–H and O–H groups in total. The Morgan fingerprint density at radius 3 is 2.73 bits per heavy atom. The van der Waals surface area contributed by atoms with Crippen molar-refractivity contribution in [1.82, 2.24) is 9.80 Å². The van der Waals surface area contributed by atoms with Gasteiger partial charge < -0.3 is 4.74 Å². The van der Waals surface area contributed by atoms with Crippen LogP contribution in [0.15, 0.2) is 24.3 Å². The number of hydrogen-bond acceptors (Lipinski definition) is 4. The lowest BCUT2D eigenvalue weighted by Gasteiger charge is -2.30. The molecule has 3 aliphatic rings. The number of fused-ring (bicyclic) bond motifs is 2. The van der Waals surface area contributed by atoms with Crippen LogP contribution in [0.25, 0.3) is 0 Å². The van der Waals surface area contributed by atoms with Crippen LogP contribution >= 0.6 is 0 Å². The molecular weight excluding hydrogens is 280 g/mol. The molecule has 116 valence electrons. The Hall–Kier alpha value is -1.72. The summed E-state index contributed by atoms with van der Waals surface area (Å²) in [6.45, 7) is 3.31. The largest absolute Gasteiger partial charge is 0.379 e. The second kappa shape index (κ2) is 5.18. The molecule has 2 fully saturated rings. The minimum absolute atomic E-state index is 0.00561. The molecule has 0 bridgehead atoms. The summed E-state index contributed by atoms with van der Waals surface area (Å²) in [5, 5.41) is 0. The van der Waals surface area contributed by atoms with E-state index in [-0.39, 0.29) is 11.8 Å². The minimum atomic E-state index is -0.597. The number of benzene rings is 1. The quantitative estimate of drug-likeness (QED) is 0.762. The number of carbonyl (C=O) groups excluding carboxylic acids is 2. The van der Waals surface area contributed by atoms with E-state index >= 15 is 0 Å². The average molecular weight is 300 g/mol. The maximum atomic E-state index is 13.0. The molecule has 5 nitrogen and oxygen atoms in total. The maximum Gasteiger partial charge on any atom is 0.241 e. The van der Waals surface area contributed by atoms with Gasteiger partial charge in [0.2, 0.25) is 11.8 Å². The second-order valence-corrected chi connectivity index (χ2v) is 6.41. The van der Waals surface area contributed by atoms with Crippen molar-refractivity contribution in [2.75, 3.05) is 33.0 Å². The zero-order valence-electron chi connectivity index (χ0n) is 12.6. The van der Waals surface area contributed by atoms with Crippen molar-refractivity contribution >= 4 is 11.8 Å². The molecule has 1 aromatic rings. The molecule has 5 heteroatoms. The zero-order valence-corrected chi connectivity index (χ0v) is 12.6. The van der Waals surface area contributed by atoms with Gasteiger partial charge >= 0.3 is 0 Å². The van der Waals surface area contributed by atoms with Crippen LogP contribution < -0.4 is 0 Å². The number of amides is 2. The van der Waals surface area contributed by atoms with E-state index in [4.69, 9.17) is 4.74 Å². The van der Waals surface area contributed by atoms with Gasteiger partial charge in [-0.05, 0) is 24.0 Å². The summed E-state index contributed by atoms with van der Waals surface area (Å²) in [7, 11) is 0. The first-order valence-electron chi connectivity index (χ1n) is 7.94. The first kappa shape index (κ1) is 13.9. The van der Waals surface area contributed by atoms with E-state index in [0.717, 1.165) is 31.5 Å². The summed E-state index contributed by atoms with van der Waals surface area (Å²) in [5.74, 6) is -0.0397. The molecule has 22 heavy (non-hydrogen) atoms. The van der Waals surface area contributed by atoms with Crippen molar-refractivity contribution in [3.8, 4) is 0 Å². The fraction of sp³-hybridized carbons (Fsp3) is 0.529. The second-order valence-electron chi connectivity index (χ2n) is 6.41. The van der Waals surface area contributed by atoms with E-state index < -0.39 is 5.41 Å². The van der Waals surface area contributed by atoms with Crippen molar-refractivity contribution in [2.45, 2.75) is 24.7 Å². The average Bonchev–Trinajstić information content (AvgIpc) is 3.03. The Kier molecular flexibility index (Phi) is 3.27. The molecule has 2 saturated heterocycles. The Bertz CT molecular complexity index is 624. The van der Waals surface area contributed by atoms with Gasteiger partial charge in [0.05, 0.1) is 25.3 Å². The van der Waals surface area contributed by atoms with Gasteiger partial charge in [0.25, 0.3) is 0 Å². The lowest BCUT2D eigenvalue weighted by Crippen LogP contribution is -2.47. The molecular formula is C17H20N2O3. The molecule has 0 unspecified atom stereocenters. The third-order valence-corrected chi connectivity index (χ3v) is 5.21. The zero-order chi connectivity index (χ0) is 15.2. The standard InChI is InChI=1S/C17H20N2O3/c20-15-11-17(6-5-13-3-1-2-4-14(13)17)16(21)19(15)12-18-7-9-22-10-8-18/h1-4H,5-12H2/t17-/m0/s1. The molecule has 1 spiro atoms. The SMILES string of the molecule is O=C1C[C@]2(CCc3ccccc32)C(=O)N1CN1CCOCC1. The smallest absolute Gasteiger partial charge is 0.241 e. The highest BCUT2D eigenvalue weighted by atomic mass is 16.5. The maximum absolute atomic E-state index is 13.0. The number of rotatable bonds is 2. The monoisotopic (exact) mass is 300 g/mol. The molecule has 1 atom stereocenters. The number of morpholine rings is 1. The first-order chi connectivity index (χ1) is 10.7. The first-order valence-corrected chi connectivity index (χ1v) is 7.94. The molecule has 1 aromatic carbocycles. The number of likely N-dealkylation sites (tertiary alicyclic amines) is 1. The van der Waals surface area contributed by atoms with Gasteiger partial charge in [0.15, 0.2) is 0 Å². The molecule has 0 aromatic heterocycles. The molecule has 2 amide bonds. The Morgan fingerprint density at radius 2 is 1.91 bits per heavy atom. The van der Waals surface area contributed by atoms with Gasteiger partial charge in [-0.1, -0.05) is 24.3 Å². The Morgan fingerprint density at radius 1 is 1.14 bits per heavy atom. The molecule has 1 aliphatic carbocycles. The third-order valence-electron chi connectivity index (χ3n) is 5.21. The van der Waals surface area contributed by atoms with E-state index in [1.165, 1.54) is 10.5 Å². The van der Waals surface area contributed by atoms with Gasteiger partial charge in [0, 0.05) is 19.5 Å².